The number of carbonyl (C=O) groups excluding carboxylic acids is 1. The first kappa shape index (κ1) is 15.3. The summed E-state index contributed by atoms with van der Waals surface area (Å²) in [6, 6.07) is 8.87. The number of nitrogens with zero attached hydrogens (tertiary/aromatic N) is 1. The van der Waals surface area contributed by atoms with Crippen LogP contribution in [0.3, 0.4) is 0 Å². The predicted molar refractivity (Wildman–Crippen MR) is 79.3 cm³/mol. The molecule has 2 rings (SSSR count). The van der Waals surface area contributed by atoms with Gasteiger partial charge in [0.25, 0.3) is 5.69 Å². The van der Waals surface area contributed by atoms with Crippen LogP contribution in [0.5, 0.6) is 5.75 Å². The molecule has 0 aliphatic carbocycles. The van der Waals surface area contributed by atoms with Gasteiger partial charge in [-0.1, -0.05) is 23.2 Å². The van der Waals surface area contributed by atoms with Gasteiger partial charge in [0, 0.05) is 16.7 Å². The van der Waals surface area contributed by atoms with Crippen molar-refractivity contribution in [2.24, 2.45) is 0 Å². The molecule has 0 bridgehead atoms. The largest absolute Gasteiger partial charge is 0.487 e. The average molecular weight is 326 g/mol. The quantitative estimate of drug-likeness (QED) is 0.467. The van der Waals surface area contributed by atoms with Gasteiger partial charge in [0.15, 0.2) is 0 Å². The van der Waals surface area contributed by atoms with Gasteiger partial charge in [-0.25, -0.2) is 0 Å². The molecule has 0 fully saturated rings. The monoisotopic (exact) mass is 325 g/mol. The number of aldehydes is 1. The van der Waals surface area contributed by atoms with Crippen molar-refractivity contribution in [1.82, 2.24) is 0 Å². The number of hydrogen-bond acceptors (Lipinski definition) is 4. The van der Waals surface area contributed by atoms with Crippen LogP contribution < -0.4 is 4.74 Å². The fourth-order valence-electron chi connectivity index (χ4n) is 1.69. The van der Waals surface area contributed by atoms with Crippen molar-refractivity contribution in [2.75, 3.05) is 0 Å². The van der Waals surface area contributed by atoms with E-state index in [4.69, 9.17) is 27.9 Å². The van der Waals surface area contributed by atoms with E-state index in [1.54, 1.807) is 12.1 Å². The van der Waals surface area contributed by atoms with Crippen LogP contribution in [0.4, 0.5) is 5.69 Å². The van der Waals surface area contributed by atoms with Crippen LogP contribution in [0.1, 0.15) is 15.9 Å². The molecule has 0 saturated heterocycles. The fraction of sp³-hybridized carbons (Fsp3) is 0.0714. The van der Waals surface area contributed by atoms with E-state index in [1.807, 2.05) is 0 Å². The standard InChI is InChI=1S/C14H9Cl2NO4/c15-11-3-2-10(13(6-11)17(19)20)8-21-14-4-1-9(7-18)5-12(14)16/h1-7H,8H2. The van der Waals surface area contributed by atoms with Gasteiger partial charge in [-0.15, -0.1) is 0 Å². The molecule has 0 N–H and O–H groups in total. The number of nitro groups is 1. The van der Waals surface area contributed by atoms with Crippen molar-refractivity contribution < 1.29 is 14.5 Å². The third-order valence-electron chi connectivity index (χ3n) is 2.72. The third-order valence-corrected chi connectivity index (χ3v) is 3.25. The number of nitro benzene ring substituents is 1. The minimum absolute atomic E-state index is 0.0341. The van der Waals surface area contributed by atoms with E-state index in [2.05, 4.69) is 0 Å². The number of carbonyl (C=O) groups is 1. The van der Waals surface area contributed by atoms with E-state index in [9.17, 15) is 14.9 Å². The van der Waals surface area contributed by atoms with E-state index in [0.29, 0.717) is 23.2 Å². The summed E-state index contributed by atoms with van der Waals surface area (Å²) in [5, 5.41) is 11.5. The number of halogens is 2. The topological polar surface area (TPSA) is 69.4 Å². The second kappa shape index (κ2) is 6.56. The zero-order valence-electron chi connectivity index (χ0n) is 10.6. The maximum Gasteiger partial charge on any atom is 0.277 e. The van der Waals surface area contributed by atoms with Gasteiger partial charge >= 0.3 is 0 Å². The van der Waals surface area contributed by atoms with Crippen molar-refractivity contribution >= 4 is 35.2 Å². The molecule has 7 heteroatoms. The number of hydrogen-bond donors (Lipinski definition) is 0. The van der Waals surface area contributed by atoms with Gasteiger partial charge in [-0.2, -0.15) is 0 Å². The Kier molecular flexibility index (Phi) is 4.77. The lowest BCUT2D eigenvalue weighted by atomic mass is 10.2. The van der Waals surface area contributed by atoms with Gasteiger partial charge < -0.3 is 4.74 Å². The lowest BCUT2D eigenvalue weighted by Gasteiger charge is -2.09. The summed E-state index contributed by atoms with van der Waals surface area (Å²) in [6.07, 6.45) is 0.666. The van der Waals surface area contributed by atoms with Gasteiger partial charge in [0.2, 0.25) is 0 Å². The molecule has 2 aromatic rings. The summed E-state index contributed by atoms with van der Waals surface area (Å²) in [5.74, 6) is 0.339. The van der Waals surface area contributed by atoms with E-state index in [-0.39, 0.29) is 22.3 Å². The molecule has 0 saturated carbocycles. The molecule has 0 atom stereocenters. The first-order valence-electron chi connectivity index (χ1n) is 5.81. The molecular weight excluding hydrogens is 317 g/mol. The maximum atomic E-state index is 11.0. The Morgan fingerprint density at radius 2 is 1.95 bits per heavy atom. The van der Waals surface area contributed by atoms with E-state index < -0.39 is 4.92 Å². The molecule has 0 radical (unpaired) electrons. The Morgan fingerprint density at radius 1 is 1.19 bits per heavy atom. The van der Waals surface area contributed by atoms with Crippen molar-refractivity contribution in [1.29, 1.82) is 0 Å². The van der Waals surface area contributed by atoms with Gasteiger partial charge in [-0.05, 0) is 30.3 Å². The van der Waals surface area contributed by atoms with E-state index in [0.717, 1.165) is 0 Å². The molecule has 0 spiro atoms. The first-order valence-corrected chi connectivity index (χ1v) is 6.57. The van der Waals surface area contributed by atoms with Crippen molar-refractivity contribution in [2.45, 2.75) is 6.61 Å². The van der Waals surface area contributed by atoms with Gasteiger partial charge in [0.05, 0.1) is 15.5 Å². The van der Waals surface area contributed by atoms with Crippen molar-refractivity contribution in [3.8, 4) is 5.75 Å². The van der Waals surface area contributed by atoms with E-state index in [1.165, 1.54) is 24.3 Å². The highest BCUT2D eigenvalue weighted by Gasteiger charge is 2.15. The van der Waals surface area contributed by atoms with E-state index >= 15 is 0 Å². The summed E-state index contributed by atoms with van der Waals surface area (Å²) in [4.78, 5) is 21.1. The number of ether oxygens (including phenoxy) is 1. The second-order valence-electron chi connectivity index (χ2n) is 4.13. The Bertz CT molecular complexity index is 703. The van der Waals surface area contributed by atoms with Crippen molar-refractivity contribution in [3.05, 3.63) is 67.7 Å². The van der Waals surface area contributed by atoms with Gasteiger partial charge in [-0.3, -0.25) is 14.9 Å². The normalized spacial score (nSPS) is 10.2. The highest BCUT2D eigenvalue weighted by Crippen LogP contribution is 2.28. The highest BCUT2D eigenvalue weighted by atomic mass is 35.5. The SMILES string of the molecule is O=Cc1ccc(OCc2ccc(Cl)cc2[N+](=O)[O-])c(Cl)c1. The molecule has 0 unspecified atom stereocenters. The van der Waals surface area contributed by atoms with Crippen molar-refractivity contribution in [3.63, 3.8) is 0 Å². The van der Waals surface area contributed by atoms with Crippen LogP contribution in [-0.4, -0.2) is 11.2 Å². The number of benzene rings is 2. The molecule has 108 valence electrons. The lowest BCUT2D eigenvalue weighted by molar-refractivity contribution is -0.385. The second-order valence-corrected chi connectivity index (χ2v) is 4.97. The Labute approximate surface area is 130 Å². The molecule has 0 aliphatic rings. The van der Waals surface area contributed by atoms with Crippen LogP contribution >= 0.6 is 23.2 Å². The highest BCUT2D eigenvalue weighted by molar-refractivity contribution is 6.32. The molecule has 0 heterocycles. The third kappa shape index (κ3) is 3.71. The van der Waals surface area contributed by atoms with Crippen LogP contribution in [0.2, 0.25) is 10.0 Å². The van der Waals surface area contributed by atoms with Gasteiger partial charge in [0.1, 0.15) is 18.6 Å². The predicted octanol–water partition coefficient (Wildman–Crippen LogP) is 4.29. The molecule has 0 aromatic heterocycles. The zero-order chi connectivity index (χ0) is 15.4. The zero-order valence-corrected chi connectivity index (χ0v) is 12.1. The average Bonchev–Trinajstić information content (AvgIpc) is 2.46. The summed E-state index contributed by atoms with van der Waals surface area (Å²) >= 11 is 11.7. The molecule has 21 heavy (non-hydrogen) atoms. The fourth-order valence-corrected chi connectivity index (χ4v) is 2.10. The minimum atomic E-state index is -0.526. The van der Waals surface area contributed by atoms with Crippen LogP contribution in [-0.2, 0) is 6.61 Å². The molecular formula is C14H9Cl2NO4. The molecule has 2 aromatic carbocycles. The summed E-state index contributed by atoms with van der Waals surface area (Å²) in [6.45, 7) is -0.0341. The maximum absolute atomic E-state index is 11.0. The molecule has 0 amide bonds. The first-order chi connectivity index (χ1) is 10.0. The summed E-state index contributed by atoms with van der Waals surface area (Å²) in [7, 11) is 0. The molecule has 5 nitrogen and oxygen atoms in total. The van der Waals surface area contributed by atoms with Crippen LogP contribution in [0, 0.1) is 10.1 Å². The smallest absolute Gasteiger partial charge is 0.277 e. The Morgan fingerprint density at radius 3 is 2.57 bits per heavy atom. The molecule has 0 aliphatic heterocycles. The summed E-state index contributed by atoms with van der Waals surface area (Å²) < 4.78 is 5.46. The van der Waals surface area contributed by atoms with Crippen LogP contribution in [0.25, 0.3) is 0 Å². The lowest BCUT2D eigenvalue weighted by Crippen LogP contribution is -2.01. The van der Waals surface area contributed by atoms with Crippen LogP contribution in [0.15, 0.2) is 36.4 Å². The Hall–Kier alpha value is -2.11. The minimum Gasteiger partial charge on any atom is -0.487 e. The Balaban J connectivity index is 2.20. The number of rotatable bonds is 5. The summed E-state index contributed by atoms with van der Waals surface area (Å²) in [5.41, 5.74) is 0.674.